The molecule has 0 saturated carbocycles. The van der Waals surface area contributed by atoms with Crippen molar-refractivity contribution in [1.29, 1.82) is 0 Å². The zero-order chi connectivity index (χ0) is 20.3. The minimum absolute atomic E-state index is 0.0332. The lowest BCUT2D eigenvalue weighted by molar-refractivity contribution is -0.139. The zero-order valence-corrected chi connectivity index (χ0v) is 17.3. The summed E-state index contributed by atoms with van der Waals surface area (Å²) in [6.07, 6.45) is 0.732. The van der Waals surface area contributed by atoms with E-state index in [9.17, 15) is 9.59 Å². The van der Waals surface area contributed by atoms with Crippen LogP contribution in [0.1, 0.15) is 41.3 Å². The van der Waals surface area contributed by atoms with Crippen LogP contribution in [0.4, 0.5) is 0 Å². The van der Waals surface area contributed by atoms with Crippen molar-refractivity contribution in [2.24, 2.45) is 5.92 Å². The number of piperidine rings is 1. The Balaban J connectivity index is 1.56. The van der Waals surface area contributed by atoms with Crippen LogP contribution >= 0.6 is 11.6 Å². The molecule has 1 aliphatic heterocycles. The summed E-state index contributed by atoms with van der Waals surface area (Å²) >= 11 is 6.17. The summed E-state index contributed by atoms with van der Waals surface area (Å²) in [5.74, 6) is 0.586. The minimum Gasteiger partial charge on any atom is -0.479 e. The third kappa shape index (κ3) is 4.74. The van der Waals surface area contributed by atoms with E-state index < -0.39 is 6.10 Å². The summed E-state index contributed by atoms with van der Waals surface area (Å²) in [5.41, 5.74) is 2.91. The van der Waals surface area contributed by atoms with Crippen LogP contribution in [0.2, 0.25) is 5.02 Å². The first-order valence-corrected chi connectivity index (χ1v) is 10.1. The Morgan fingerprint density at radius 2 is 1.64 bits per heavy atom. The molecule has 1 atom stereocenters. The molecule has 0 N–H and O–H groups in total. The lowest BCUT2D eigenvalue weighted by atomic mass is 9.88. The molecule has 1 amide bonds. The van der Waals surface area contributed by atoms with E-state index in [1.165, 1.54) is 0 Å². The van der Waals surface area contributed by atoms with E-state index in [-0.39, 0.29) is 17.6 Å². The zero-order valence-electron chi connectivity index (χ0n) is 16.6. The smallest absolute Gasteiger partial charge is 0.263 e. The number of rotatable bonds is 5. The molecule has 0 radical (unpaired) electrons. The quantitative estimate of drug-likeness (QED) is 0.675. The van der Waals surface area contributed by atoms with Gasteiger partial charge in [-0.05, 0) is 51.3 Å². The van der Waals surface area contributed by atoms with E-state index in [0.717, 1.165) is 16.7 Å². The van der Waals surface area contributed by atoms with Gasteiger partial charge in [0.15, 0.2) is 11.9 Å². The largest absolute Gasteiger partial charge is 0.479 e. The second kappa shape index (κ2) is 8.78. The van der Waals surface area contributed by atoms with Gasteiger partial charge in [0, 0.05) is 24.6 Å². The Morgan fingerprint density at radius 1 is 1.04 bits per heavy atom. The maximum atomic E-state index is 12.8. The average Bonchev–Trinajstić information content (AvgIpc) is 2.70. The van der Waals surface area contributed by atoms with Gasteiger partial charge < -0.3 is 9.64 Å². The molecule has 148 valence electrons. The maximum Gasteiger partial charge on any atom is 0.263 e. The molecule has 4 nitrogen and oxygen atoms in total. The molecule has 1 heterocycles. The maximum absolute atomic E-state index is 12.8. The van der Waals surface area contributed by atoms with Crippen LogP contribution in [-0.2, 0) is 4.79 Å². The highest BCUT2D eigenvalue weighted by molar-refractivity contribution is 6.32. The van der Waals surface area contributed by atoms with Crippen molar-refractivity contribution in [1.82, 2.24) is 4.90 Å². The van der Waals surface area contributed by atoms with Crippen LogP contribution in [0, 0.1) is 19.8 Å². The Labute approximate surface area is 171 Å². The van der Waals surface area contributed by atoms with E-state index in [4.69, 9.17) is 16.3 Å². The van der Waals surface area contributed by atoms with Gasteiger partial charge in [0.05, 0.1) is 5.02 Å². The van der Waals surface area contributed by atoms with Crippen molar-refractivity contribution in [3.8, 4) is 5.75 Å². The number of carbonyl (C=O) groups excluding carboxylic acids is 2. The molecule has 0 bridgehead atoms. The number of nitrogens with zero attached hydrogens (tertiary/aromatic N) is 1. The molecule has 0 aliphatic carbocycles. The Kier molecular flexibility index (Phi) is 6.40. The van der Waals surface area contributed by atoms with Crippen LogP contribution in [0.15, 0.2) is 42.5 Å². The second-order valence-corrected chi connectivity index (χ2v) is 7.93. The summed E-state index contributed by atoms with van der Waals surface area (Å²) in [5, 5.41) is 0.493. The predicted octanol–water partition coefficient (Wildman–Crippen LogP) is 4.85. The van der Waals surface area contributed by atoms with E-state index in [2.05, 4.69) is 0 Å². The summed E-state index contributed by atoms with van der Waals surface area (Å²) in [7, 11) is 0. The number of carbonyl (C=O) groups is 2. The molecular formula is C23H26ClNO3. The average molecular weight is 400 g/mol. The van der Waals surface area contributed by atoms with E-state index in [1.807, 2.05) is 50.2 Å². The first kappa shape index (κ1) is 20.4. The molecule has 2 aromatic rings. The fraction of sp³-hybridized carbons (Fsp3) is 0.391. The fourth-order valence-corrected chi connectivity index (χ4v) is 3.68. The van der Waals surface area contributed by atoms with Gasteiger partial charge in [0.1, 0.15) is 5.75 Å². The molecule has 0 aromatic heterocycles. The van der Waals surface area contributed by atoms with Gasteiger partial charge in [-0.15, -0.1) is 0 Å². The highest BCUT2D eigenvalue weighted by Gasteiger charge is 2.30. The molecule has 1 saturated heterocycles. The first-order chi connectivity index (χ1) is 13.3. The SMILES string of the molecule is Cc1ccc(C(=O)C2CCN(C(=O)C(C)Oc3cc(C)ccc3Cl)CC2)cc1. The highest BCUT2D eigenvalue weighted by Crippen LogP contribution is 2.27. The number of Topliss-reactive ketones (excluding diaryl/α,β-unsaturated/α-hetero) is 1. The Hall–Kier alpha value is -2.33. The summed E-state index contributed by atoms with van der Waals surface area (Å²) in [6.45, 7) is 6.83. The lowest BCUT2D eigenvalue weighted by Crippen LogP contribution is -2.45. The lowest BCUT2D eigenvalue weighted by Gasteiger charge is -2.33. The molecule has 5 heteroatoms. The van der Waals surface area contributed by atoms with Crippen molar-refractivity contribution in [3.63, 3.8) is 0 Å². The number of halogens is 1. The van der Waals surface area contributed by atoms with Crippen molar-refractivity contribution < 1.29 is 14.3 Å². The van der Waals surface area contributed by atoms with Crippen molar-refractivity contribution in [2.75, 3.05) is 13.1 Å². The topological polar surface area (TPSA) is 46.6 Å². The summed E-state index contributed by atoms with van der Waals surface area (Å²) < 4.78 is 5.81. The van der Waals surface area contributed by atoms with Gasteiger partial charge in [0.2, 0.25) is 0 Å². The standard InChI is InChI=1S/C23H26ClNO3/c1-15-4-7-18(8-5-15)22(26)19-10-12-25(13-11-19)23(27)17(3)28-21-14-16(2)6-9-20(21)24/h4-9,14,17,19H,10-13H2,1-3H3. The van der Waals surface area contributed by atoms with Gasteiger partial charge in [-0.1, -0.05) is 47.5 Å². The second-order valence-electron chi connectivity index (χ2n) is 7.52. The monoisotopic (exact) mass is 399 g/mol. The van der Waals surface area contributed by atoms with E-state index >= 15 is 0 Å². The van der Waals surface area contributed by atoms with Crippen LogP contribution in [0.5, 0.6) is 5.75 Å². The van der Waals surface area contributed by atoms with Crippen molar-refractivity contribution in [2.45, 2.75) is 39.7 Å². The molecule has 28 heavy (non-hydrogen) atoms. The number of hydrogen-bond acceptors (Lipinski definition) is 3. The Bertz CT molecular complexity index is 855. The van der Waals surface area contributed by atoms with E-state index in [0.29, 0.717) is 36.7 Å². The van der Waals surface area contributed by atoms with Gasteiger partial charge in [-0.3, -0.25) is 9.59 Å². The molecule has 2 aromatic carbocycles. The number of amides is 1. The van der Waals surface area contributed by atoms with Gasteiger partial charge >= 0.3 is 0 Å². The molecule has 1 fully saturated rings. The van der Waals surface area contributed by atoms with Crippen molar-refractivity contribution >= 4 is 23.3 Å². The third-order valence-electron chi connectivity index (χ3n) is 5.25. The first-order valence-electron chi connectivity index (χ1n) is 9.67. The number of aryl methyl sites for hydroxylation is 2. The molecule has 1 unspecified atom stereocenters. The van der Waals surface area contributed by atoms with Gasteiger partial charge in [0.25, 0.3) is 5.91 Å². The molecular weight excluding hydrogens is 374 g/mol. The molecule has 3 rings (SSSR count). The number of ether oxygens (including phenoxy) is 1. The molecule has 0 spiro atoms. The van der Waals surface area contributed by atoms with Crippen molar-refractivity contribution in [3.05, 3.63) is 64.2 Å². The van der Waals surface area contributed by atoms with Gasteiger partial charge in [-0.25, -0.2) is 0 Å². The van der Waals surface area contributed by atoms with Crippen LogP contribution < -0.4 is 4.74 Å². The molecule has 1 aliphatic rings. The summed E-state index contributed by atoms with van der Waals surface area (Å²) in [6, 6.07) is 13.2. The number of benzene rings is 2. The van der Waals surface area contributed by atoms with E-state index in [1.54, 1.807) is 17.9 Å². The number of ketones is 1. The predicted molar refractivity (Wildman–Crippen MR) is 111 cm³/mol. The third-order valence-corrected chi connectivity index (χ3v) is 5.56. The normalized spacial score (nSPS) is 15.9. The van der Waals surface area contributed by atoms with Crippen LogP contribution in [0.25, 0.3) is 0 Å². The number of likely N-dealkylation sites (tertiary alicyclic amines) is 1. The fourth-order valence-electron chi connectivity index (χ4n) is 3.51. The summed E-state index contributed by atoms with van der Waals surface area (Å²) in [4.78, 5) is 27.2. The number of hydrogen-bond donors (Lipinski definition) is 0. The van der Waals surface area contributed by atoms with Crippen LogP contribution in [0.3, 0.4) is 0 Å². The van der Waals surface area contributed by atoms with Gasteiger partial charge in [-0.2, -0.15) is 0 Å². The Morgan fingerprint density at radius 3 is 2.29 bits per heavy atom. The highest BCUT2D eigenvalue weighted by atomic mass is 35.5. The minimum atomic E-state index is -0.622. The van der Waals surface area contributed by atoms with Crippen LogP contribution in [-0.4, -0.2) is 35.8 Å².